The van der Waals surface area contributed by atoms with Gasteiger partial charge in [-0.25, -0.2) is 0 Å². The zero-order valence-electron chi connectivity index (χ0n) is 7.80. The summed E-state index contributed by atoms with van der Waals surface area (Å²) in [6.07, 6.45) is 2.76. The molecular weight excluding hydrogens is 155 g/mol. The van der Waals surface area contributed by atoms with E-state index in [0.29, 0.717) is 0 Å². The topological polar surface area (TPSA) is 15.6 Å². The predicted octanol–water partition coefficient (Wildman–Crippen LogP) is 2.39. The molecule has 2 nitrogen and oxygen atoms in total. The lowest BCUT2D eigenvalue weighted by molar-refractivity contribution is 0.555. The van der Waals surface area contributed by atoms with E-state index in [1.807, 2.05) is 0 Å². The molecule has 0 aliphatic carbocycles. The summed E-state index contributed by atoms with van der Waals surface area (Å²) < 4.78 is 7.15. The Bertz CT molecular complexity index is 143. The van der Waals surface area contributed by atoms with Gasteiger partial charge in [-0.15, -0.1) is 0 Å². The summed E-state index contributed by atoms with van der Waals surface area (Å²) in [6.45, 7) is 9.10. The van der Waals surface area contributed by atoms with Gasteiger partial charge in [0.15, 0.2) is 0 Å². The Balaban J connectivity index is 2.34. The highest BCUT2D eigenvalue weighted by atomic mass is 31.1. The second kappa shape index (κ2) is 3.73. The van der Waals surface area contributed by atoms with Gasteiger partial charge in [0, 0.05) is 21.6 Å². The van der Waals surface area contributed by atoms with Gasteiger partial charge < -0.3 is 0 Å². The summed E-state index contributed by atoms with van der Waals surface area (Å²) in [7, 11) is 0.219. The standard InChI is InChI=1S/C8H19N2P/c1-8(2,3)9-11-10-6-4-5-7-10/h4-7,11H2,1-3H3. The molecule has 0 aromatic carbocycles. The van der Waals surface area contributed by atoms with Gasteiger partial charge in [-0.1, -0.05) is 0 Å². The monoisotopic (exact) mass is 174 g/mol. The molecule has 3 heteroatoms. The number of hydrogen-bond acceptors (Lipinski definition) is 1. The summed E-state index contributed by atoms with van der Waals surface area (Å²) in [5, 5.41) is 0. The van der Waals surface area contributed by atoms with Crippen molar-refractivity contribution < 1.29 is 0 Å². The molecule has 1 aliphatic heterocycles. The van der Waals surface area contributed by atoms with Crippen LogP contribution in [0.1, 0.15) is 33.6 Å². The minimum Gasteiger partial charge on any atom is -0.288 e. The van der Waals surface area contributed by atoms with Crippen LogP contribution in [-0.4, -0.2) is 23.3 Å². The second-order valence-electron chi connectivity index (χ2n) is 4.16. The first-order valence-corrected chi connectivity index (χ1v) is 5.41. The Morgan fingerprint density at radius 1 is 1.18 bits per heavy atom. The average molecular weight is 174 g/mol. The smallest absolute Gasteiger partial charge is 0.0518 e. The maximum Gasteiger partial charge on any atom is 0.0518 e. The minimum absolute atomic E-state index is 0.178. The highest BCUT2D eigenvalue weighted by molar-refractivity contribution is 7.23. The van der Waals surface area contributed by atoms with Crippen LogP contribution in [0.2, 0.25) is 0 Å². The molecule has 1 heterocycles. The molecule has 11 heavy (non-hydrogen) atoms. The van der Waals surface area contributed by atoms with E-state index in [1.165, 1.54) is 25.9 Å². The third-order valence-corrected chi connectivity index (χ3v) is 3.48. The molecule has 1 unspecified atom stereocenters. The van der Waals surface area contributed by atoms with Crippen LogP contribution in [0, 0.1) is 0 Å². The van der Waals surface area contributed by atoms with Crippen LogP contribution in [0.4, 0.5) is 0 Å². The third-order valence-electron chi connectivity index (χ3n) is 1.75. The molecule has 1 rings (SSSR count). The van der Waals surface area contributed by atoms with Gasteiger partial charge in [0.25, 0.3) is 0 Å². The van der Waals surface area contributed by atoms with Crippen LogP contribution in [0.5, 0.6) is 0 Å². The van der Waals surface area contributed by atoms with E-state index in [0.717, 1.165) is 0 Å². The summed E-state index contributed by atoms with van der Waals surface area (Å²) in [6, 6.07) is 0. The van der Waals surface area contributed by atoms with Crippen LogP contribution in [0.25, 0.3) is 0 Å². The molecule has 0 amide bonds. The van der Waals surface area contributed by atoms with Gasteiger partial charge >= 0.3 is 0 Å². The summed E-state index contributed by atoms with van der Waals surface area (Å²) in [5.74, 6) is 0. The second-order valence-corrected chi connectivity index (χ2v) is 5.38. The first kappa shape index (κ1) is 9.28. The van der Waals surface area contributed by atoms with Crippen molar-refractivity contribution in [3.05, 3.63) is 0 Å². The van der Waals surface area contributed by atoms with Crippen LogP contribution >= 0.6 is 8.52 Å². The van der Waals surface area contributed by atoms with E-state index < -0.39 is 0 Å². The van der Waals surface area contributed by atoms with Crippen LogP contribution in [0.15, 0.2) is 4.74 Å². The van der Waals surface area contributed by atoms with Crippen molar-refractivity contribution >= 4 is 8.52 Å². The Labute approximate surface area is 70.9 Å². The molecule has 1 saturated heterocycles. The van der Waals surface area contributed by atoms with Crippen LogP contribution in [0.3, 0.4) is 0 Å². The molecule has 1 atom stereocenters. The van der Waals surface area contributed by atoms with E-state index in [1.54, 1.807) is 0 Å². The van der Waals surface area contributed by atoms with Gasteiger partial charge in [-0.2, -0.15) is 0 Å². The third kappa shape index (κ3) is 3.93. The first-order valence-electron chi connectivity index (χ1n) is 4.37. The van der Waals surface area contributed by atoms with Crippen molar-refractivity contribution in [2.45, 2.75) is 39.2 Å². The van der Waals surface area contributed by atoms with E-state index in [9.17, 15) is 0 Å². The highest BCUT2D eigenvalue weighted by Gasteiger charge is 2.10. The Morgan fingerprint density at radius 3 is 2.18 bits per heavy atom. The largest absolute Gasteiger partial charge is 0.288 e. The molecule has 0 radical (unpaired) electrons. The van der Waals surface area contributed by atoms with Gasteiger partial charge in [0.2, 0.25) is 0 Å². The van der Waals surface area contributed by atoms with Gasteiger partial charge in [-0.05, 0) is 33.6 Å². The zero-order valence-corrected chi connectivity index (χ0v) is 8.95. The van der Waals surface area contributed by atoms with Crippen molar-refractivity contribution in [3.8, 4) is 0 Å². The maximum atomic E-state index is 4.65. The molecule has 66 valence electrons. The zero-order chi connectivity index (χ0) is 8.32. The lowest BCUT2D eigenvalue weighted by atomic mass is 10.1. The molecule has 1 fully saturated rings. The Kier molecular flexibility index (Phi) is 3.15. The number of nitrogens with zero attached hydrogens (tertiary/aromatic N) is 2. The van der Waals surface area contributed by atoms with E-state index in [4.69, 9.17) is 0 Å². The summed E-state index contributed by atoms with van der Waals surface area (Å²) in [5.41, 5.74) is 0.178. The molecule has 0 aromatic rings. The molecule has 0 N–H and O–H groups in total. The fraction of sp³-hybridized carbons (Fsp3) is 1.00. The Hall–Kier alpha value is 0.190. The minimum atomic E-state index is 0.178. The first-order chi connectivity index (χ1) is 5.08. The SMILES string of the molecule is CC(C)(C)/N=[PH2]/N1CCCC1. The van der Waals surface area contributed by atoms with E-state index in [-0.39, 0.29) is 14.1 Å². The molecular formula is C8H19N2P. The fourth-order valence-corrected chi connectivity index (χ4v) is 2.22. The molecule has 1 aliphatic rings. The summed E-state index contributed by atoms with van der Waals surface area (Å²) in [4.78, 5) is 0. The van der Waals surface area contributed by atoms with Gasteiger partial charge in [0.1, 0.15) is 0 Å². The van der Waals surface area contributed by atoms with Crippen molar-refractivity contribution in [2.24, 2.45) is 4.74 Å². The predicted molar refractivity (Wildman–Crippen MR) is 52.7 cm³/mol. The summed E-state index contributed by atoms with van der Waals surface area (Å²) >= 11 is 0. The number of rotatable bonds is 1. The van der Waals surface area contributed by atoms with E-state index >= 15 is 0 Å². The lowest BCUT2D eigenvalue weighted by Crippen LogP contribution is -2.10. The molecule has 0 spiro atoms. The van der Waals surface area contributed by atoms with Crippen molar-refractivity contribution in [1.29, 1.82) is 0 Å². The number of hydrogen-bond donors (Lipinski definition) is 0. The average Bonchev–Trinajstić information content (AvgIpc) is 2.32. The van der Waals surface area contributed by atoms with Gasteiger partial charge in [0.05, 0.1) is 5.54 Å². The molecule has 0 aromatic heterocycles. The van der Waals surface area contributed by atoms with E-state index in [2.05, 4.69) is 30.2 Å². The van der Waals surface area contributed by atoms with Crippen molar-refractivity contribution in [1.82, 2.24) is 4.67 Å². The van der Waals surface area contributed by atoms with Crippen molar-refractivity contribution in [3.63, 3.8) is 0 Å². The van der Waals surface area contributed by atoms with Gasteiger partial charge in [-0.3, -0.25) is 9.42 Å². The quantitative estimate of drug-likeness (QED) is 0.557. The highest BCUT2D eigenvalue weighted by Crippen LogP contribution is 2.22. The van der Waals surface area contributed by atoms with Crippen LogP contribution < -0.4 is 0 Å². The fourth-order valence-electron chi connectivity index (χ4n) is 1.11. The normalized spacial score (nSPS) is 22.5. The van der Waals surface area contributed by atoms with Crippen molar-refractivity contribution in [2.75, 3.05) is 13.1 Å². The molecule has 0 saturated carbocycles. The maximum absolute atomic E-state index is 4.65. The molecule has 0 bridgehead atoms. The van der Waals surface area contributed by atoms with Crippen LogP contribution in [-0.2, 0) is 0 Å². The lowest BCUT2D eigenvalue weighted by Gasteiger charge is -2.15. The Morgan fingerprint density at radius 2 is 1.73 bits per heavy atom.